The predicted octanol–water partition coefficient (Wildman–Crippen LogP) is 3.63. The highest BCUT2D eigenvalue weighted by molar-refractivity contribution is 14.1. The average Bonchev–Trinajstić information content (AvgIpc) is 2.17. The van der Waals surface area contributed by atoms with Gasteiger partial charge < -0.3 is 0 Å². The molecule has 0 N–H and O–H groups in total. The Kier molecular flexibility index (Phi) is 4.86. The Morgan fingerprint density at radius 3 is 2.50 bits per heavy atom. The summed E-state index contributed by atoms with van der Waals surface area (Å²) in [6.07, 6.45) is 1.09. The SMILES string of the molecule is CCCN(C)N=Nc1ccc(I)cc1. The molecular weight excluding hydrogens is 289 g/mol. The fourth-order valence-corrected chi connectivity index (χ4v) is 1.36. The fraction of sp³-hybridized carbons (Fsp3) is 0.400. The zero-order valence-corrected chi connectivity index (χ0v) is 10.6. The van der Waals surface area contributed by atoms with Gasteiger partial charge in [0.2, 0.25) is 0 Å². The summed E-state index contributed by atoms with van der Waals surface area (Å²) in [6.45, 7) is 3.06. The van der Waals surface area contributed by atoms with Gasteiger partial charge in [-0.3, -0.25) is 5.01 Å². The minimum absolute atomic E-state index is 0.897. The van der Waals surface area contributed by atoms with Gasteiger partial charge in [0.15, 0.2) is 0 Å². The Morgan fingerprint density at radius 2 is 1.93 bits per heavy atom. The van der Waals surface area contributed by atoms with E-state index in [1.807, 2.05) is 36.3 Å². The summed E-state index contributed by atoms with van der Waals surface area (Å²) in [5.74, 6) is 0. The van der Waals surface area contributed by atoms with Crippen LogP contribution in [0.2, 0.25) is 0 Å². The van der Waals surface area contributed by atoms with Gasteiger partial charge in [-0.2, -0.15) is 0 Å². The van der Waals surface area contributed by atoms with Crippen LogP contribution in [0, 0.1) is 3.57 Å². The van der Waals surface area contributed by atoms with Crippen LogP contribution in [0.4, 0.5) is 5.69 Å². The highest BCUT2D eigenvalue weighted by Gasteiger charge is 1.91. The molecule has 0 atom stereocenters. The molecule has 3 nitrogen and oxygen atoms in total. The van der Waals surface area contributed by atoms with Gasteiger partial charge in [0.1, 0.15) is 0 Å². The van der Waals surface area contributed by atoms with E-state index < -0.39 is 0 Å². The summed E-state index contributed by atoms with van der Waals surface area (Å²) >= 11 is 2.27. The van der Waals surface area contributed by atoms with E-state index in [2.05, 4.69) is 39.9 Å². The van der Waals surface area contributed by atoms with Crippen molar-refractivity contribution in [1.82, 2.24) is 5.01 Å². The number of rotatable bonds is 4. The molecule has 0 aliphatic carbocycles. The van der Waals surface area contributed by atoms with E-state index in [0.29, 0.717) is 0 Å². The molecule has 0 aliphatic rings. The normalized spacial score (nSPS) is 10.8. The van der Waals surface area contributed by atoms with Crippen molar-refractivity contribution in [2.75, 3.05) is 13.6 Å². The van der Waals surface area contributed by atoms with Gasteiger partial charge in [0.25, 0.3) is 0 Å². The molecule has 0 saturated heterocycles. The van der Waals surface area contributed by atoms with E-state index in [-0.39, 0.29) is 0 Å². The zero-order valence-electron chi connectivity index (χ0n) is 8.44. The molecule has 4 heteroatoms. The highest BCUT2D eigenvalue weighted by Crippen LogP contribution is 2.14. The first kappa shape index (κ1) is 11.4. The van der Waals surface area contributed by atoms with Gasteiger partial charge in [-0.05, 0) is 53.3 Å². The van der Waals surface area contributed by atoms with Gasteiger partial charge >= 0.3 is 0 Å². The minimum Gasteiger partial charge on any atom is -0.282 e. The standard InChI is InChI=1S/C10H14IN3/c1-3-8-14(2)13-12-10-6-4-9(11)5-7-10/h4-7H,3,8H2,1-2H3. The van der Waals surface area contributed by atoms with Crippen molar-refractivity contribution in [3.05, 3.63) is 27.8 Å². The quantitative estimate of drug-likeness (QED) is 0.474. The van der Waals surface area contributed by atoms with Gasteiger partial charge in [0.05, 0.1) is 5.69 Å². The fourth-order valence-electron chi connectivity index (χ4n) is 1.00. The van der Waals surface area contributed by atoms with E-state index in [1.165, 1.54) is 3.57 Å². The molecule has 0 fully saturated rings. The van der Waals surface area contributed by atoms with Gasteiger partial charge in [-0.1, -0.05) is 12.1 Å². The molecule has 76 valence electrons. The molecular formula is C10H14IN3. The third-order valence-electron chi connectivity index (χ3n) is 1.69. The largest absolute Gasteiger partial charge is 0.282 e. The number of hydrogen-bond acceptors (Lipinski definition) is 2. The third kappa shape index (κ3) is 4.04. The van der Waals surface area contributed by atoms with Gasteiger partial charge in [-0.15, -0.1) is 5.11 Å². The van der Waals surface area contributed by atoms with Crippen molar-refractivity contribution >= 4 is 28.3 Å². The summed E-state index contributed by atoms with van der Waals surface area (Å²) in [7, 11) is 1.93. The van der Waals surface area contributed by atoms with Crippen LogP contribution in [0.3, 0.4) is 0 Å². The van der Waals surface area contributed by atoms with Crippen molar-refractivity contribution in [3.63, 3.8) is 0 Å². The summed E-state index contributed by atoms with van der Waals surface area (Å²) in [6, 6.07) is 7.97. The van der Waals surface area contributed by atoms with Crippen LogP contribution in [0.5, 0.6) is 0 Å². The van der Waals surface area contributed by atoms with E-state index in [4.69, 9.17) is 0 Å². The van der Waals surface area contributed by atoms with Gasteiger partial charge in [-0.25, -0.2) is 0 Å². The summed E-state index contributed by atoms with van der Waals surface area (Å²) in [4.78, 5) is 0. The minimum atomic E-state index is 0.897. The average molecular weight is 303 g/mol. The van der Waals surface area contributed by atoms with Crippen LogP contribution < -0.4 is 0 Å². The number of halogens is 1. The Bertz CT molecular complexity index is 295. The molecule has 1 rings (SSSR count). The maximum absolute atomic E-state index is 4.11. The molecule has 1 aromatic rings. The Labute approximate surface area is 98.3 Å². The van der Waals surface area contributed by atoms with Crippen molar-refractivity contribution in [1.29, 1.82) is 0 Å². The van der Waals surface area contributed by atoms with Crippen LogP contribution in [0.1, 0.15) is 13.3 Å². The lowest BCUT2D eigenvalue weighted by atomic mass is 10.3. The van der Waals surface area contributed by atoms with Crippen LogP contribution in [-0.2, 0) is 0 Å². The molecule has 0 saturated carbocycles. The summed E-state index contributed by atoms with van der Waals surface area (Å²) < 4.78 is 1.21. The van der Waals surface area contributed by atoms with Crippen LogP contribution in [0.25, 0.3) is 0 Å². The lowest BCUT2D eigenvalue weighted by molar-refractivity contribution is 0.332. The molecule has 0 aromatic heterocycles. The van der Waals surface area contributed by atoms with Crippen LogP contribution >= 0.6 is 22.6 Å². The monoisotopic (exact) mass is 303 g/mol. The second kappa shape index (κ2) is 5.95. The Hall–Kier alpha value is -0.650. The second-order valence-electron chi connectivity index (χ2n) is 3.05. The van der Waals surface area contributed by atoms with E-state index in [1.54, 1.807) is 0 Å². The first-order valence-electron chi connectivity index (χ1n) is 4.60. The van der Waals surface area contributed by atoms with E-state index in [0.717, 1.165) is 18.7 Å². The van der Waals surface area contributed by atoms with E-state index in [9.17, 15) is 0 Å². The predicted molar refractivity (Wildman–Crippen MR) is 66.6 cm³/mol. The van der Waals surface area contributed by atoms with Crippen molar-refractivity contribution in [2.24, 2.45) is 10.3 Å². The molecule has 0 heterocycles. The molecule has 0 unspecified atom stereocenters. The van der Waals surface area contributed by atoms with Crippen LogP contribution in [-0.4, -0.2) is 18.6 Å². The van der Waals surface area contributed by atoms with Crippen LogP contribution in [0.15, 0.2) is 34.6 Å². The summed E-state index contributed by atoms with van der Waals surface area (Å²) in [5.41, 5.74) is 0.897. The van der Waals surface area contributed by atoms with Crippen molar-refractivity contribution in [3.8, 4) is 0 Å². The molecule has 0 amide bonds. The molecule has 0 spiro atoms. The zero-order chi connectivity index (χ0) is 10.4. The topological polar surface area (TPSA) is 28.0 Å². The third-order valence-corrected chi connectivity index (χ3v) is 2.41. The molecule has 0 bridgehead atoms. The Balaban J connectivity index is 2.55. The first-order valence-corrected chi connectivity index (χ1v) is 5.68. The van der Waals surface area contributed by atoms with Gasteiger partial charge in [0, 0.05) is 17.2 Å². The van der Waals surface area contributed by atoms with Crippen molar-refractivity contribution in [2.45, 2.75) is 13.3 Å². The molecule has 14 heavy (non-hydrogen) atoms. The molecule has 0 aliphatic heterocycles. The lowest BCUT2D eigenvalue weighted by Gasteiger charge is -2.08. The molecule has 1 aromatic carbocycles. The number of benzene rings is 1. The first-order chi connectivity index (χ1) is 6.72. The lowest BCUT2D eigenvalue weighted by Crippen LogP contribution is -2.10. The maximum Gasteiger partial charge on any atom is 0.0874 e. The number of nitrogens with zero attached hydrogens (tertiary/aromatic N) is 3. The van der Waals surface area contributed by atoms with Crippen molar-refractivity contribution < 1.29 is 0 Å². The number of hydrogen-bond donors (Lipinski definition) is 0. The van der Waals surface area contributed by atoms with E-state index >= 15 is 0 Å². The Morgan fingerprint density at radius 1 is 1.29 bits per heavy atom. The smallest absolute Gasteiger partial charge is 0.0874 e. The molecule has 0 radical (unpaired) electrons. The maximum atomic E-state index is 4.11. The summed E-state index contributed by atoms with van der Waals surface area (Å²) in [5, 5.41) is 10.0. The highest BCUT2D eigenvalue weighted by atomic mass is 127. The second-order valence-corrected chi connectivity index (χ2v) is 4.29.